The SMILES string of the molecule is CC1(C)CC(NC(=S)Nc2ccccc2Cl)c2ccccc2O1. The van der Waals surface area contributed by atoms with E-state index in [9.17, 15) is 0 Å². The van der Waals surface area contributed by atoms with Crippen molar-refractivity contribution in [3.8, 4) is 5.75 Å². The standard InChI is InChI=1S/C18H19ClN2OS/c1-18(2)11-15(12-7-3-6-10-16(12)22-18)21-17(23)20-14-9-5-4-8-13(14)19/h3-10,15H,11H2,1-2H3,(H2,20,21,23). The molecule has 3 nitrogen and oxygen atoms in total. The number of fused-ring (bicyclic) bond motifs is 1. The fourth-order valence-corrected chi connectivity index (χ4v) is 3.25. The number of nitrogens with one attached hydrogen (secondary N) is 2. The first-order chi connectivity index (χ1) is 10.9. The highest BCUT2D eigenvalue weighted by Gasteiger charge is 2.33. The summed E-state index contributed by atoms with van der Waals surface area (Å²) in [5.41, 5.74) is 1.67. The average Bonchev–Trinajstić information content (AvgIpc) is 2.48. The Hall–Kier alpha value is -1.78. The zero-order valence-electron chi connectivity index (χ0n) is 13.1. The second-order valence-corrected chi connectivity index (χ2v) is 7.05. The Bertz CT molecular complexity index is 732. The first-order valence-corrected chi connectivity index (χ1v) is 8.33. The number of benzene rings is 2. The first-order valence-electron chi connectivity index (χ1n) is 7.55. The lowest BCUT2D eigenvalue weighted by Gasteiger charge is -2.38. The predicted octanol–water partition coefficient (Wildman–Crippen LogP) is 4.93. The van der Waals surface area contributed by atoms with Gasteiger partial charge in [0.1, 0.15) is 11.4 Å². The van der Waals surface area contributed by atoms with Crippen LogP contribution in [-0.4, -0.2) is 10.7 Å². The van der Waals surface area contributed by atoms with Crippen LogP contribution in [0, 0.1) is 0 Å². The molecule has 0 saturated carbocycles. The van der Waals surface area contributed by atoms with E-state index in [1.807, 2.05) is 42.5 Å². The van der Waals surface area contributed by atoms with E-state index < -0.39 is 0 Å². The largest absolute Gasteiger partial charge is 0.487 e. The Balaban J connectivity index is 1.77. The molecule has 120 valence electrons. The Morgan fingerprint density at radius 3 is 2.65 bits per heavy atom. The van der Waals surface area contributed by atoms with Gasteiger partial charge < -0.3 is 15.4 Å². The lowest BCUT2D eigenvalue weighted by Crippen LogP contribution is -2.42. The number of hydrogen-bond acceptors (Lipinski definition) is 2. The number of anilines is 1. The number of rotatable bonds is 2. The van der Waals surface area contributed by atoms with Crippen LogP contribution in [-0.2, 0) is 0 Å². The van der Waals surface area contributed by atoms with Gasteiger partial charge in [-0.2, -0.15) is 0 Å². The van der Waals surface area contributed by atoms with Gasteiger partial charge in [-0.15, -0.1) is 0 Å². The van der Waals surface area contributed by atoms with Crippen LogP contribution in [0.15, 0.2) is 48.5 Å². The van der Waals surface area contributed by atoms with Crippen LogP contribution in [0.1, 0.15) is 31.9 Å². The molecule has 1 heterocycles. The maximum absolute atomic E-state index is 6.17. The molecule has 23 heavy (non-hydrogen) atoms. The summed E-state index contributed by atoms with van der Waals surface area (Å²) in [5.74, 6) is 0.904. The summed E-state index contributed by atoms with van der Waals surface area (Å²) in [5, 5.41) is 7.75. The fourth-order valence-electron chi connectivity index (χ4n) is 2.81. The molecule has 0 amide bonds. The smallest absolute Gasteiger partial charge is 0.171 e. The molecule has 0 aliphatic carbocycles. The van der Waals surface area contributed by atoms with Crippen molar-refractivity contribution in [2.45, 2.75) is 31.9 Å². The summed E-state index contributed by atoms with van der Waals surface area (Å²) < 4.78 is 6.04. The van der Waals surface area contributed by atoms with E-state index in [1.165, 1.54) is 0 Å². The topological polar surface area (TPSA) is 33.3 Å². The van der Waals surface area contributed by atoms with Crippen LogP contribution in [0.5, 0.6) is 5.75 Å². The molecule has 2 aromatic carbocycles. The van der Waals surface area contributed by atoms with Crippen molar-refractivity contribution in [1.29, 1.82) is 0 Å². The molecular formula is C18H19ClN2OS. The highest BCUT2D eigenvalue weighted by atomic mass is 35.5. The van der Waals surface area contributed by atoms with Gasteiger partial charge in [-0.3, -0.25) is 0 Å². The molecule has 1 aliphatic rings. The number of para-hydroxylation sites is 2. The second-order valence-electron chi connectivity index (χ2n) is 6.23. The molecule has 2 aromatic rings. The number of thiocarbonyl (C=S) groups is 1. The van der Waals surface area contributed by atoms with Gasteiger partial charge in [0.2, 0.25) is 0 Å². The van der Waals surface area contributed by atoms with Crippen molar-refractivity contribution in [2.75, 3.05) is 5.32 Å². The first kappa shape index (κ1) is 16.1. The Morgan fingerprint density at radius 2 is 1.87 bits per heavy atom. The molecule has 1 atom stereocenters. The second kappa shape index (κ2) is 6.38. The Kier molecular flexibility index (Phi) is 4.46. The molecule has 0 radical (unpaired) electrons. The minimum absolute atomic E-state index is 0.0948. The minimum Gasteiger partial charge on any atom is -0.487 e. The molecule has 5 heteroatoms. The van der Waals surface area contributed by atoms with Crippen LogP contribution >= 0.6 is 23.8 Å². The van der Waals surface area contributed by atoms with Crippen molar-refractivity contribution in [3.05, 3.63) is 59.1 Å². The monoisotopic (exact) mass is 346 g/mol. The molecule has 1 aliphatic heterocycles. The van der Waals surface area contributed by atoms with Gasteiger partial charge in [0.15, 0.2) is 5.11 Å². The number of halogens is 1. The van der Waals surface area contributed by atoms with Gasteiger partial charge in [-0.1, -0.05) is 41.9 Å². The summed E-state index contributed by atoms with van der Waals surface area (Å²) in [4.78, 5) is 0. The van der Waals surface area contributed by atoms with Crippen molar-refractivity contribution in [2.24, 2.45) is 0 Å². The molecule has 0 bridgehead atoms. The summed E-state index contributed by atoms with van der Waals surface area (Å²) in [6, 6.07) is 15.7. The third-order valence-electron chi connectivity index (χ3n) is 3.80. The van der Waals surface area contributed by atoms with E-state index in [-0.39, 0.29) is 11.6 Å². The van der Waals surface area contributed by atoms with E-state index in [0.717, 1.165) is 23.4 Å². The minimum atomic E-state index is -0.244. The Morgan fingerprint density at radius 1 is 1.17 bits per heavy atom. The zero-order chi connectivity index (χ0) is 16.4. The van der Waals surface area contributed by atoms with Crippen LogP contribution in [0.25, 0.3) is 0 Å². The number of hydrogen-bond donors (Lipinski definition) is 2. The molecule has 3 rings (SSSR count). The molecule has 0 spiro atoms. The molecule has 2 N–H and O–H groups in total. The van der Waals surface area contributed by atoms with Crippen LogP contribution in [0.4, 0.5) is 5.69 Å². The fraction of sp³-hybridized carbons (Fsp3) is 0.278. The van der Waals surface area contributed by atoms with Gasteiger partial charge in [0.05, 0.1) is 16.8 Å². The van der Waals surface area contributed by atoms with Crippen molar-refractivity contribution < 1.29 is 4.74 Å². The van der Waals surface area contributed by atoms with Gasteiger partial charge >= 0.3 is 0 Å². The summed E-state index contributed by atoms with van der Waals surface area (Å²) in [6.07, 6.45) is 0.828. The van der Waals surface area contributed by atoms with E-state index in [1.54, 1.807) is 0 Å². The quantitative estimate of drug-likeness (QED) is 0.755. The molecule has 0 aromatic heterocycles. The molecule has 0 fully saturated rings. The van der Waals surface area contributed by atoms with E-state index in [4.69, 9.17) is 28.6 Å². The van der Waals surface area contributed by atoms with Crippen LogP contribution in [0.2, 0.25) is 5.02 Å². The lowest BCUT2D eigenvalue weighted by molar-refractivity contribution is 0.0697. The van der Waals surface area contributed by atoms with Gasteiger partial charge in [0, 0.05) is 12.0 Å². The predicted molar refractivity (Wildman–Crippen MR) is 99.3 cm³/mol. The van der Waals surface area contributed by atoms with E-state index in [0.29, 0.717) is 10.1 Å². The third kappa shape index (κ3) is 3.77. The third-order valence-corrected chi connectivity index (χ3v) is 4.35. The van der Waals surface area contributed by atoms with E-state index in [2.05, 4.69) is 30.5 Å². The Labute approximate surface area is 147 Å². The number of ether oxygens (including phenoxy) is 1. The maximum atomic E-state index is 6.17. The van der Waals surface area contributed by atoms with Crippen LogP contribution in [0.3, 0.4) is 0 Å². The summed E-state index contributed by atoms with van der Waals surface area (Å²) in [6.45, 7) is 4.17. The van der Waals surface area contributed by atoms with Crippen LogP contribution < -0.4 is 15.4 Å². The van der Waals surface area contributed by atoms with Gasteiger partial charge in [-0.25, -0.2) is 0 Å². The highest BCUT2D eigenvalue weighted by molar-refractivity contribution is 7.80. The summed E-state index contributed by atoms with van der Waals surface area (Å²) >= 11 is 11.6. The summed E-state index contributed by atoms with van der Waals surface area (Å²) in [7, 11) is 0. The van der Waals surface area contributed by atoms with Crippen molar-refractivity contribution >= 4 is 34.6 Å². The average molecular weight is 347 g/mol. The van der Waals surface area contributed by atoms with Gasteiger partial charge in [0.25, 0.3) is 0 Å². The zero-order valence-corrected chi connectivity index (χ0v) is 14.7. The molecule has 1 unspecified atom stereocenters. The lowest BCUT2D eigenvalue weighted by atomic mass is 9.90. The normalized spacial score (nSPS) is 18.5. The van der Waals surface area contributed by atoms with Crippen molar-refractivity contribution in [1.82, 2.24) is 5.32 Å². The molecule has 0 saturated heterocycles. The molecular weight excluding hydrogens is 328 g/mol. The van der Waals surface area contributed by atoms with Gasteiger partial charge in [-0.05, 0) is 44.3 Å². The van der Waals surface area contributed by atoms with E-state index >= 15 is 0 Å². The maximum Gasteiger partial charge on any atom is 0.171 e. The van der Waals surface area contributed by atoms with Crippen molar-refractivity contribution in [3.63, 3.8) is 0 Å². The highest BCUT2D eigenvalue weighted by Crippen LogP contribution is 2.39.